The van der Waals surface area contributed by atoms with Gasteiger partial charge in [-0.25, -0.2) is 0 Å². The molecule has 12 heavy (non-hydrogen) atoms. The summed E-state index contributed by atoms with van der Waals surface area (Å²) in [6, 6.07) is 0. The number of rotatable bonds is 1. The second kappa shape index (κ2) is 3.20. The molecule has 0 aromatic carbocycles. The minimum atomic E-state index is 0.254. The molecule has 0 radical (unpaired) electrons. The molecule has 0 amide bonds. The molecule has 1 fully saturated rings. The lowest BCUT2D eigenvalue weighted by Gasteiger charge is -2.36. The van der Waals surface area contributed by atoms with Gasteiger partial charge in [-0.05, 0) is 23.7 Å². The Morgan fingerprint density at radius 2 is 2.00 bits per heavy atom. The van der Waals surface area contributed by atoms with Gasteiger partial charge >= 0.3 is 0 Å². The molecule has 0 aliphatic heterocycles. The molecule has 1 heteroatoms. The Labute approximate surface area is 75.5 Å². The molecule has 1 aliphatic rings. The molecule has 1 saturated carbocycles. The predicted octanol–water partition coefficient (Wildman–Crippen LogP) is 3.04. The predicted molar refractivity (Wildman–Crippen MR) is 51.0 cm³/mol. The third kappa shape index (κ3) is 2.33. The van der Waals surface area contributed by atoms with Crippen molar-refractivity contribution in [1.29, 1.82) is 0 Å². The number of hydrogen-bond acceptors (Lipinski definition) is 1. The zero-order valence-corrected chi connectivity index (χ0v) is 8.68. The van der Waals surface area contributed by atoms with E-state index in [-0.39, 0.29) is 5.41 Å². The molecule has 1 aliphatic carbocycles. The van der Waals surface area contributed by atoms with Crippen LogP contribution in [-0.2, 0) is 4.79 Å². The van der Waals surface area contributed by atoms with Crippen molar-refractivity contribution in [3.8, 4) is 0 Å². The van der Waals surface area contributed by atoms with Gasteiger partial charge in [0.15, 0.2) is 0 Å². The van der Waals surface area contributed by atoms with Crippen LogP contribution in [0.25, 0.3) is 0 Å². The molecule has 0 spiro atoms. The largest absolute Gasteiger partial charge is 0.300 e. The van der Waals surface area contributed by atoms with E-state index in [1.165, 1.54) is 6.42 Å². The molecule has 0 aromatic heterocycles. The molecule has 1 rings (SSSR count). The van der Waals surface area contributed by atoms with Crippen molar-refractivity contribution < 1.29 is 4.79 Å². The Bertz CT molecular complexity index is 179. The Morgan fingerprint density at radius 3 is 2.42 bits per heavy atom. The first kappa shape index (κ1) is 9.76. The average Bonchev–Trinajstić information content (AvgIpc) is 1.82. The van der Waals surface area contributed by atoms with E-state index in [1.54, 1.807) is 0 Å². The molecule has 0 N–H and O–H groups in total. The summed E-state index contributed by atoms with van der Waals surface area (Å²) in [5.74, 6) is 1.75. The van der Waals surface area contributed by atoms with Gasteiger partial charge in [-0.3, -0.25) is 4.79 Å². The highest BCUT2D eigenvalue weighted by Crippen LogP contribution is 2.39. The minimum absolute atomic E-state index is 0.254. The molecule has 0 heterocycles. The standard InChI is InChI=1S/C11H20O/c1-8(2)9-5-10(12)7-11(3,4)6-9/h8-9H,5-7H2,1-4H3. The molecule has 0 saturated heterocycles. The van der Waals surface area contributed by atoms with Gasteiger partial charge in [0.05, 0.1) is 0 Å². The zero-order chi connectivity index (χ0) is 9.35. The van der Waals surface area contributed by atoms with E-state index in [0.717, 1.165) is 12.8 Å². The highest BCUT2D eigenvalue weighted by Gasteiger charge is 2.33. The topological polar surface area (TPSA) is 17.1 Å². The highest BCUT2D eigenvalue weighted by atomic mass is 16.1. The van der Waals surface area contributed by atoms with Gasteiger partial charge in [-0.1, -0.05) is 27.7 Å². The molecule has 70 valence electrons. The van der Waals surface area contributed by atoms with Crippen molar-refractivity contribution in [1.82, 2.24) is 0 Å². The van der Waals surface area contributed by atoms with Gasteiger partial charge in [-0.15, -0.1) is 0 Å². The van der Waals surface area contributed by atoms with Crippen molar-refractivity contribution >= 4 is 5.78 Å². The monoisotopic (exact) mass is 168 g/mol. The number of Topliss-reactive ketones (excluding diaryl/α,β-unsaturated/α-hetero) is 1. The maximum absolute atomic E-state index is 11.4. The number of hydrogen-bond donors (Lipinski definition) is 0. The number of carbonyl (C=O) groups is 1. The Hall–Kier alpha value is -0.330. The van der Waals surface area contributed by atoms with E-state index in [4.69, 9.17) is 0 Å². The van der Waals surface area contributed by atoms with E-state index >= 15 is 0 Å². The summed E-state index contributed by atoms with van der Waals surface area (Å²) in [4.78, 5) is 11.4. The second-order valence-electron chi connectivity index (χ2n) is 5.29. The van der Waals surface area contributed by atoms with Crippen LogP contribution in [0.2, 0.25) is 0 Å². The van der Waals surface area contributed by atoms with Gasteiger partial charge in [0.1, 0.15) is 5.78 Å². The lowest BCUT2D eigenvalue weighted by molar-refractivity contribution is -0.125. The van der Waals surface area contributed by atoms with Crippen LogP contribution >= 0.6 is 0 Å². The maximum Gasteiger partial charge on any atom is 0.133 e. The SMILES string of the molecule is CC(C)C1CC(=O)CC(C)(C)C1. The first-order valence-electron chi connectivity index (χ1n) is 4.92. The van der Waals surface area contributed by atoms with Gasteiger partial charge in [0.2, 0.25) is 0 Å². The first-order valence-corrected chi connectivity index (χ1v) is 4.92. The van der Waals surface area contributed by atoms with E-state index in [2.05, 4.69) is 27.7 Å². The summed E-state index contributed by atoms with van der Waals surface area (Å²) >= 11 is 0. The van der Waals surface area contributed by atoms with Crippen LogP contribution in [0.3, 0.4) is 0 Å². The Morgan fingerprint density at radius 1 is 1.42 bits per heavy atom. The van der Waals surface area contributed by atoms with Crippen LogP contribution in [0, 0.1) is 17.3 Å². The van der Waals surface area contributed by atoms with Crippen LogP contribution in [0.15, 0.2) is 0 Å². The lowest BCUT2D eigenvalue weighted by atomic mass is 9.68. The number of ketones is 1. The molecular formula is C11H20O. The fourth-order valence-corrected chi connectivity index (χ4v) is 2.22. The second-order valence-corrected chi connectivity index (χ2v) is 5.29. The quantitative estimate of drug-likeness (QED) is 0.588. The molecule has 0 bridgehead atoms. The van der Waals surface area contributed by atoms with E-state index in [0.29, 0.717) is 17.6 Å². The molecule has 1 nitrogen and oxygen atoms in total. The van der Waals surface area contributed by atoms with Crippen molar-refractivity contribution in [2.45, 2.75) is 47.0 Å². The summed E-state index contributed by atoms with van der Waals surface area (Å²) in [6.45, 7) is 8.86. The zero-order valence-electron chi connectivity index (χ0n) is 8.68. The summed E-state index contributed by atoms with van der Waals surface area (Å²) in [5, 5.41) is 0. The minimum Gasteiger partial charge on any atom is -0.300 e. The Kier molecular flexibility index (Phi) is 2.60. The highest BCUT2D eigenvalue weighted by molar-refractivity contribution is 5.80. The lowest BCUT2D eigenvalue weighted by Crippen LogP contribution is -2.31. The summed E-state index contributed by atoms with van der Waals surface area (Å²) < 4.78 is 0. The summed E-state index contributed by atoms with van der Waals surface area (Å²) in [6.07, 6.45) is 2.83. The van der Waals surface area contributed by atoms with Gasteiger partial charge < -0.3 is 0 Å². The third-order valence-electron chi connectivity index (χ3n) is 2.92. The van der Waals surface area contributed by atoms with Crippen LogP contribution in [-0.4, -0.2) is 5.78 Å². The molecular weight excluding hydrogens is 148 g/mol. The maximum atomic E-state index is 11.4. The fraction of sp³-hybridized carbons (Fsp3) is 0.909. The fourth-order valence-electron chi connectivity index (χ4n) is 2.22. The number of carbonyl (C=O) groups excluding carboxylic acids is 1. The average molecular weight is 168 g/mol. The normalized spacial score (nSPS) is 29.4. The molecule has 1 atom stereocenters. The van der Waals surface area contributed by atoms with Gasteiger partial charge in [-0.2, -0.15) is 0 Å². The summed E-state index contributed by atoms with van der Waals surface area (Å²) in [7, 11) is 0. The smallest absolute Gasteiger partial charge is 0.133 e. The van der Waals surface area contributed by atoms with Crippen molar-refractivity contribution in [3.05, 3.63) is 0 Å². The first-order chi connectivity index (χ1) is 5.41. The van der Waals surface area contributed by atoms with Crippen LogP contribution in [0.1, 0.15) is 47.0 Å². The van der Waals surface area contributed by atoms with E-state index in [9.17, 15) is 4.79 Å². The van der Waals surface area contributed by atoms with Crippen molar-refractivity contribution in [3.63, 3.8) is 0 Å². The van der Waals surface area contributed by atoms with Crippen LogP contribution in [0.4, 0.5) is 0 Å². The Balaban J connectivity index is 2.64. The summed E-state index contributed by atoms with van der Waals surface area (Å²) in [5.41, 5.74) is 0.254. The van der Waals surface area contributed by atoms with Crippen molar-refractivity contribution in [2.75, 3.05) is 0 Å². The molecule has 0 aromatic rings. The third-order valence-corrected chi connectivity index (χ3v) is 2.92. The van der Waals surface area contributed by atoms with Crippen LogP contribution in [0.5, 0.6) is 0 Å². The van der Waals surface area contributed by atoms with Crippen LogP contribution < -0.4 is 0 Å². The van der Waals surface area contributed by atoms with E-state index < -0.39 is 0 Å². The van der Waals surface area contributed by atoms with Crippen molar-refractivity contribution in [2.24, 2.45) is 17.3 Å². The van der Waals surface area contributed by atoms with Gasteiger partial charge in [0, 0.05) is 12.8 Å². The molecule has 1 unspecified atom stereocenters. The van der Waals surface area contributed by atoms with Gasteiger partial charge in [0.25, 0.3) is 0 Å². The van der Waals surface area contributed by atoms with E-state index in [1.807, 2.05) is 0 Å².